The third kappa shape index (κ3) is 4.15. The number of aromatic hydroxyl groups is 1. The first-order valence-electron chi connectivity index (χ1n) is 7.69. The summed E-state index contributed by atoms with van der Waals surface area (Å²) in [6.07, 6.45) is 0. The third-order valence-electron chi connectivity index (χ3n) is 3.65. The lowest BCUT2D eigenvalue weighted by Gasteiger charge is -2.19. The third-order valence-corrected chi connectivity index (χ3v) is 5.69. The molecule has 0 unspecified atom stereocenters. The number of halogens is 1. The quantitative estimate of drug-likeness (QED) is 0.770. The molecule has 0 aliphatic carbocycles. The zero-order valence-electron chi connectivity index (χ0n) is 13.9. The summed E-state index contributed by atoms with van der Waals surface area (Å²) >= 11 is 0. The van der Waals surface area contributed by atoms with Crippen molar-refractivity contribution in [3.05, 3.63) is 53.8 Å². The Balaban J connectivity index is 2.35. The van der Waals surface area contributed by atoms with Crippen molar-refractivity contribution in [3.8, 4) is 5.75 Å². The molecule has 2 aromatic rings. The number of anilines is 1. The lowest BCUT2D eigenvalue weighted by atomic mass is 10.2. The molecule has 0 heterocycles. The van der Waals surface area contributed by atoms with Crippen molar-refractivity contribution in [1.29, 1.82) is 0 Å². The molecule has 0 aliphatic rings. The summed E-state index contributed by atoms with van der Waals surface area (Å²) in [4.78, 5) is 12.1. The maximum Gasteiger partial charge on any atom is 0.255 e. The second-order valence-electron chi connectivity index (χ2n) is 5.23. The molecule has 2 aromatic carbocycles. The Bertz CT molecular complexity index is 880. The first-order valence-corrected chi connectivity index (χ1v) is 9.13. The fourth-order valence-electron chi connectivity index (χ4n) is 2.31. The minimum Gasteiger partial charge on any atom is -0.506 e. The van der Waals surface area contributed by atoms with E-state index in [1.807, 2.05) is 0 Å². The van der Waals surface area contributed by atoms with Gasteiger partial charge in [-0.1, -0.05) is 19.9 Å². The van der Waals surface area contributed by atoms with Crippen LogP contribution in [-0.2, 0) is 10.0 Å². The fourth-order valence-corrected chi connectivity index (χ4v) is 3.80. The van der Waals surface area contributed by atoms with Crippen LogP contribution in [-0.4, -0.2) is 36.8 Å². The standard InChI is InChI=1S/C17H19FN2O4S/c1-3-20(4-2)25(23,24)14-8-9-16(21)15(11-14)19-17(22)12-6-5-7-13(18)10-12/h5-11,21H,3-4H2,1-2H3,(H,19,22). The number of hydrogen-bond donors (Lipinski definition) is 2. The zero-order chi connectivity index (χ0) is 18.6. The molecule has 0 aromatic heterocycles. The maximum absolute atomic E-state index is 13.2. The lowest BCUT2D eigenvalue weighted by molar-refractivity contribution is 0.102. The van der Waals surface area contributed by atoms with E-state index >= 15 is 0 Å². The summed E-state index contributed by atoms with van der Waals surface area (Å²) in [5.74, 6) is -1.52. The summed E-state index contributed by atoms with van der Waals surface area (Å²) in [5, 5.41) is 12.3. The molecule has 25 heavy (non-hydrogen) atoms. The van der Waals surface area contributed by atoms with E-state index in [9.17, 15) is 22.7 Å². The molecule has 1 amide bonds. The van der Waals surface area contributed by atoms with Gasteiger partial charge in [0.25, 0.3) is 5.91 Å². The number of phenolic OH excluding ortho intramolecular Hbond substituents is 1. The molecular formula is C17H19FN2O4S. The summed E-state index contributed by atoms with van der Waals surface area (Å²) < 4.78 is 39.6. The number of benzene rings is 2. The second-order valence-corrected chi connectivity index (χ2v) is 7.17. The van der Waals surface area contributed by atoms with Crippen LogP contribution in [0.2, 0.25) is 0 Å². The summed E-state index contributed by atoms with van der Waals surface area (Å²) in [6.45, 7) is 4.03. The highest BCUT2D eigenvalue weighted by atomic mass is 32.2. The SMILES string of the molecule is CCN(CC)S(=O)(=O)c1ccc(O)c(NC(=O)c2cccc(F)c2)c1. The van der Waals surface area contributed by atoms with Gasteiger partial charge in [-0.2, -0.15) is 4.31 Å². The molecule has 8 heteroatoms. The van der Waals surface area contributed by atoms with Gasteiger partial charge in [0, 0.05) is 18.7 Å². The largest absolute Gasteiger partial charge is 0.506 e. The van der Waals surface area contributed by atoms with Crippen LogP contribution in [0.3, 0.4) is 0 Å². The molecule has 0 saturated carbocycles. The molecule has 0 fully saturated rings. The number of nitrogens with zero attached hydrogens (tertiary/aromatic N) is 1. The van der Waals surface area contributed by atoms with Crippen LogP contribution in [0.25, 0.3) is 0 Å². The highest BCUT2D eigenvalue weighted by molar-refractivity contribution is 7.89. The van der Waals surface area contributed by atoms with E-state index in [1.54, 1.807) is 13.8 Å². The first-order chi connectivity index (χ1) is 11.8. The summed E-state index contributed by atoms with van der Waals surface area (Å²) in [5.41, 5.74) is -0.0149. The van der Waals surface area contributed by atoms with E-state index in [0.29, 0.717) is 13.1 Å². The van der Waals surface area contributed by atoms with Gasteiger partial charge >= 0.3 is 0 Å². The van der Waals surface area contributed by atoms with E-state index in [1.165, 1.54) is 40.7 Å². The van der Waals surface area contributed by atoms with Crippen LogP contribution in [0.5, 0.6) is 5.75 Å². The highest BCUT2D eigenvalue weighted by Crippen LogP contribution is 2.28. The summed E-state index contributed by atoms with van der Waals surface area (Å²) in [7, 11) is -3.74. The van der Waals surface area contributed by atoms with Gasteiger partial charge in [-0.3, -0.25) is 4.79 Å². The van der Waals surface area contributed by atoms with Gasteiger partial charge in [0.15, 0.2) is 0 Å². The van der Waals surface area contributed by atoms with E-state index in [0.717, 1.165) is 6.07 Å². The van der Waals surface area contributed by atoms with E-state index in [2.05, 4.69) is 5.32 Å². The molecule has 0 saturated heterocycles. The molecule has 0 aliphatic heterocycles. The Morgan fingerprint density at radius 2 is 1.84 bits per heavy atom. The van der Waals surface area contributed by atoms with E-state index in [-0.39, 0.29) is 21.9 Å². The maximum atomic E-state index is 13.2. The topological polar surface area (TPSA) is 86.7 Å². The van der Waals surface area contributed by atoms with Crippen LogP contribution in [0.1, 0.15) is 24.2 Å². The molecular weight excluding hydrogens is 347 g/mol. The van der Waals surface area contributed by atoms with Crippen LogP contribution >= 0.6 is 0 Å². The molecule has 2 rings (SSSR count). The predicted molar refractivity (Wildman–Crippen MR) is 92.6 cm³/mol. The number of sulfonamides is 1. The monoisotopic (exact) mass is 366 g/mol. The minimum atomic E-state index is -3.74. The Hall–Kier alpha value is -2.45. The average Bonchev–Trinajstić information content (AvgIpc) is 2.57. The van der Waals surface area contributed by atoms with Gasteiger partial charge in [0.2, 0.25) is 10.0 Å². The van der Waals surface area contributed by atoms with E-state index < -0.39 is 21.7 Å². The molecule has 0 radical (unpaired) electrons. The minimum absolute atomic E-state index is 0.0522. The average molecular weight is 366 g/mol. The van der Waals surface area contributed by atoms with Crippen molar-refractivity contribution in [1.82, 2.24) is 4.31 Å². The number of amides is 1. The number of carbonyl (C=O) groups excluding carboxylic acids is 1. The first kappa shape index (κ1) is 18.9. The highest BCUT2D eigenvalue weighted by Gasteiger charge is 2.23. The second kappa shape index (κ2) is 7.62. The van der Waals surface area contributed by atoms with Crippen LogP contribution in [0.15, 0.2) is 47.4 Å². The van der Waals surface area contributed by atoms with Crippen LogP contribution in [0, 0.1) is 5.82 Å². The Morgan fingerprint density at radius 1 is 1.16 bits per heavy atom. The Labute approximate surface area is 146 Å². The van der Waals surface area contributed by atoms with Gasteiger partial charge in [-0.05, 0) is 36.4 Å². The smallest absolute Gasteiger partial charge is 0.255 e. The molecule has 2 N–H and O–H groups in total. The van der Waals surface area contributed by atoms with Gasteiger partial charge in [0.1, 0.15) is 11.6 Å². The van der Waals surface area contributed by atoms with Gasteiger partial charge < -0.3 is 10.4 Å². The molecule has 6 nitrogen and oxygen atoms in total. The molecule has 0 atom stereocenters. The number of rotatable bonds is 6. The van der Waals surface area contributed by atoms with Crippen molar-refractivity contribution in [3.63, 3.8) is 0 Å². The normalized spacial score (nSPS) is 11.5. The molecule has 0 spiro atoms. The van der Waals surface area contributed by atoms with E-state index in [4.69, 9.17) is 0 Å². The Morgan fingerprint density at radius 3 is 2.44 bits per heavy atom. The molecule has 0 bridgehead atoms. The lowest BCUT2D eigenvalue weighted by Crippen LogP contribution is -2.30. The number of carbonyl (C=O) groups is 1. The number of nitrogens with one attached hydrogen (secondary N) is 1. The zero-order valence-corrected chi connectivity index (χ0v) is 14.7. The number of phenols is 1. The van der Waals surface area contributed by atoms with Gasteiger partial charge in [0.05, 0.1) is 10.6 Å². The van der Waals surface area contributed by atoms with Gasteiger partial charge in [-0.15, -0.1) is 0 Å². The van der Waals surface area contributed by atoms with Crippen molar-refractivity contribution in [2.45, 2.75) is 18.7 Å². The van der Waals surface area contributed by atoms with Crippen LogP contribution < -0.4 is 5.32 Å². The molecule has 134 valence electrons. The fraction of sp³-hybridized carbons (Fsp3) is 0.235. The van der Waals surface area contributed by atoms with Gasteiger partial charge in [-0.25, -0.2) is 12.8 Å². The number of hydrogen-bond acceptors (Lipinski definition) is 4. The van der Waals surface area contributed by atoms with Crippen molar-refractivity contribution >= 4 is 21.6 Å². The Kier molecular flexibility index (Phi) is 5.76. The van der Waals surface area contributed by atoms with Crippen molar-refractivity contribution < 1.29 is 22.7 Å². The van der Waals surface area contributed by atoms with Crippen molar-refractivity contribution in [2.75, 3.05) is 18.4 Å². The van der Waals surface area contributed by atoms with Crippen LogP contribution in [0.4, 0.5) is 10.1 Å². The van der Waals surface area contributed by atoms with Crippen molar-refractivity contribution in [2.24, 2.45) is 0 Å². The summed E-state index contributed by atoms with van der Waals surface area (Å²) in [6, 6.07) is 8.67. The predicted octanol–water partition coefficient (Wildman–Crippen LogP) is 2.81.